The summed E-state index contributed by atoms with van der Waals surface area (Å²) in [5.41, 5.74) is -2.00. The first-order valence-corrected chi connectivity index (χ1v) is 9.91. The number of hydrogen-bond donors (Lipinski definition) is 1. The summed E-state index contributed by atoms with van der Waals surface area (Å²) in [4.78, 5) is 49.8. The van der Waals surface area contributed by atoms with Gasteiger partial charge in [-0.25, -0.2) is 14.4 Å². The van der Waals surface area contributed by atoms with E-state index >= 15 is 0 Å². The normalized spacial score (nSPS) is 19.4. The van der Waals surface area contributed by atoms with E-state index in [1.165, 1.54) is 31.4 Å². The van der Waals surface area contributed by atoms with Crippen molar-refractivity contribution in [1.29, 1.82) is 0 Å². The number of carbonyl (C=O) groups excluding carboxylic acids is 3. The molecule has 2 aromatic carbocycles. The minimum atomic E-state index is -1.95. The van der Waals surface area contributed by atoms with Crippen LogP contribution in [0.15, 0.2) is 59.7 Å². The number of nitro groups is 1. The Morgan fingerprint density at radius 3 is 1.94 bits per heavy atom. The van der Waals surface area contributed by atoms with E-state index in [1.807, 2.05) is 0 Å². The molecule has 0 saturated heterocycles. The fraction of sp³-hybridized carbons (Fsp3) is 0.261. The molecule has 0 unspecified atom stereocenters. The highest BCUT2D eigenvalue weighted by Crippen LogP contribution is 2.46. The predicted octanol–water partition coefficient (Wildman–Crippen LogP) is 1.96. The van der Waals surface area contributed by atoms with Gasteiger partial charge in [0, 0.05) is 12.1 Å². The first-order chi connectivity index (χ1) is 16.2. The number of nitro benzene ring substituents is 1. The molecule has 0 spiro atoms. The van der Waals surface area contributed by atoms with Crippen molar-refractivity contribution in [3.8, 4) is 5.75 Å². The van der Waals surface area contributed by atoms with Gasteiger partial charge < -0.3 is 18.9 Å². The maximum Gasteiger partial charge on any atom is 0.337 e. The molecule has 1 aliphatic rings. The third kappa shape index (κ3) is 3.97. The molecule has 178 valence electrons. The molecule has 1 heterocycles. The summed E-state index contributed by atoms with van der Waals surface area (Å²) in [5, 5.41) is 14.1. The number of hydrogen-bond acceptors (Lipinski definition) is 10. The van der Waals surface area contributed by atoms with Gasteiger partial charge in [0.2, 0.25) is 0 Å². The van der Waals surface area contributed by atoms with Crippen LogP contribution in [0.3, 0.4) is 0 Å². The van der Waals surface area contributed by atoms with Crippen LogP contribution in [-0.2, 0) is 34.1 Å². The Labute approximate surface area is 194 Å². The van der Waals surface area contributed by atoms with Gasteiger partial charge in [-0.2, -0.15) is 0 Å². The number of carbonyl (C=O) groups is 3. The van der Waals surface area contributed by atoms with E-state index in [2.05, 4.69) is 5.32 Å². The van der Waals surface area contributed by atoms with Crippen molar-refractivity contribution in [3.63, 3.8) is 0 Å². The first-order valence-electron chi connectivity index (χ1n) is 9.91. The van der Waals surface area contributed by atoms with E-state index < -0.39 is 34.4 Å². The zero-order valence-corrected chi connectivity index (χ0v) is 18.8. The zero-order valence-electron chi connectivity index (χ0n) is 18.8. The van der Waals surface area contributed by atoms with E-state index in [4.69, 9.17) is 18.9 Å². The van der Waals surface area contributed by atoms with Crippen LogP contribution >= 0.6 is 0 Å². The van der Waals surface area contributed by atoms with Crippen molar-refractivity contribution in [2.45, 2.75) is 11.6 Å². The number of benzene rings is 2. The Morgan fingerprint density at radius 1 is 0.882 bits per heavy atom. The Bertz CT molecular complexity index is 1160. The van der Waals surface area contributed by atoms with Crippen LogP contribution in [0.25, 0.3) is 0 Å². The van der Waals surface area contributed by atoms with E-state index in [9.17, 15) is 24.5 Å². The lowest BCUT2D eigenvalue weighted by Crippen LogP contribution is -2.50. The van der Waals surface area contributed by atoms with Gasteiger partial charge in [-0.05, 0) is 23.3 Å². The standard InChI is InChI=1S/C23H22N2O9/c1-31-16-11-7-14(8-12-16)23(22(28)34-4)18(21(27)33-3)17(20(26)32-2)19(24-23)13-5-9-15(10-6-13)25(29)30/h5-12,19,24H,1-4H3/t19-,23-/m0/s1. The van der Waals surface area contributed by atoms with Gasteiger partial charge in [0.1, 0.15) is 5.75 Å². The molecule has 34 heavy (non-hydrogen) atoms. The van der Waals surface area contributed by atoms with Gasteiger partial charge >= 0.3 is 17.9 Å². The Balaban J connectivity index is 2.34. The summed E-state index contributed by atoms with van der Waals surface area (Å²) in [6.45, 7) is 0. The molecule has 1 aliphatic heterocycles. The molecular formula is C23H22N2O9. The second-order valence-corrected chi connectivity index (χ2v) is 7.17. The molecule has 3 rings (SSSR count). The summed E-state index contributed by atoms with van der Waals surface area (Å²) >= 11 is 0. The quantitative estimate of drug-likeness (QED) is 0.276. The number of nitrogens with one attached hydrogen (secondary N) is 1. The van der Waals surface area contributed by atoms with Crippen molar-refractivity contribution in [3.05, 3.63) is 80.9 Å². The smallest absolute Gasteiger partial charge is 0.337 e. The van der Waals surface area contributed by atoms with Crippen LogP contribution in [0.5, 0.6) is 5.75 Å². The summed E-state index contributed by atoms with van der Waals surface area (Å²) < 4.78 is 20.1. The highest BCUT2D eigenvalue weighted by atomic mass is 16.6. The maximum atomic E-state index is 13.3. The van der Waals surface area contributed by atoms with Crippen LogP contribution in [-0.4, -0.2) is 51.3 Å². The molecular weight excluding hydrogens is 448 g/mol. The third-order valence-electron chi connectivity index (χ3n) is 5.54. The molecule has 11 heteroatoms. The van der Waals surface area contributed by atoms with Crippen LogP contribution in [0.4, 0.5) is 5.69 Å². The number of methoxy groups -OCH3 is 4. The number of rotatable bonds is 7. The summed E-state index contributed by atoms with van der Waals surface area (Å²) in [5.74, 6) is -2.25. The Hall–Kier alpha value is -4.25. The highest BCUT2D eigenvalue weighted by molar-refractivity contribution is 6.10. The van der Waals surface area contributed by atoms with Gasteiger partial charge in [0.25, 0.3) is 5.69 Å². The van der Waals surface area contributed by atoms with Gasteiger partial charge in [-0.15, -0.1) is 0 Å². The molecule has 2 aromatic rings. The summed E-state index contributed by atoms with van der Waals surface area (Å²) in [7, 11) is 4.85. The average Bonchev–Trinajstić information content (AvgIpc) is 3.24. The minimum Gasteiger partial charge on any atom is -0.497 e. The monoisotopic (exact) mass is 470 g/mol. The van der Waals surface area contributed by atoms with E-state index in [1.54, 1.807) is 24.3 Å². The number of nitrogens with zero attached hydrogens (tertiary/aromatic N) is 1. The summed E-state index contributed by atoms with van der Waals surface area (Å²) in [6.07, 6.45) is 0. The summed E-state index contributed by atoms with van der Waals surface area (Å²) in [6, 6.07) is 10.5. The highest BCUT2D eigenvalue weighted by Gasteiger charge is 2.58. The minimum absolute atomic E-state index is 0.173. The molecule has 0 fully saturated rings. The van der Waals surface area contributed by atoms with Crippen molar-refractivity contribution >= 4 is 23.6 Å². The third-order valence-corrected chi connectivity index (χ3v) is 5.54. The molecule has 0 saturated carbocycles. The maximum absolute atomic E-state index is 13.3. The second-order valence-electron chi connectivity index (χ2n) is 7.17. The van der Waals surface area contributed by atoms with Gasteiger partial charge in [0.05, 0.1) is 50.6 Å². The largest absolute Gasteiger partial charge is 0.497 e. The fourth-order valence-electron chi connectivity index (χ4n) is 3.94. The molecule has 2 atom stereocenters. The first kappa shape index (κ1) is 24.4. The fourth-order valence-corrected chi connectivity index (χ4v) is 3.94. The second kappa shape index (κ2) is 9.71. The van der Waals surface area contributed by atoms with Gasteiger partial charge in [-0.1, -0.05) is 24.3 Å². The Morgan fingerprint density at radius 2 is 1.47 bits per heavy atom. The number of non-ortho nitro benzene ring substituents is 1. The SMILES string of the molecule is COC(=O)C1=C(C(=O)OC)[C@](C(=O)OC)(c2ccc(OC)cc2)N[C@H]1c1ccc([N+](=O)[O-])cc1. The molecule has 0 amide bonds. The molecule has 11 nitrogen and oxygen atoms in total. The lowest BCUT2D eigenvalue weighted by molar-refractivity contribution is -0.384. The van der Waals surface area contributed by atoms with E-state index in [0.717, 1.165) is 21.3 Å². The van der Waals surface area contributed by atoms with E-state index in [0.29, 0.717) is 11.3 Å². The molecule has 0 aromatic heterocycles. The van der Waals surface area contributed by atoms with Crippen molar-refractivity contribution in [1.82, 2.24) is 5.32 Å². The lowest BCUT2D eigenvalue weighted by atomic mass is 9.82. The van der Waals surface area contributed by atoms with Gasteiger partial charge in [0.15, 0.2) is 5.54 Å². The van der Waals surface area contributed by atoms with Crippen molar-refractivity contribution in [2.24, 2.45) is 0 Å². The van der Waals surface area contributed by atoms with Crippen molar-refractivity contribution < 1.29 is 38.3 Å². The van der Waals surface area contributed by atoms with Crippen LogP contribution < -0.4 is 10.1 Å². The van der Waals surface area contributed by atoms with Crippen LogP contribution in [0, 0.1) is 10.1 Å². The van der Waals surface area contributed by atoms with E-state index in [-0.39, 0.29) is 22.4 Å². The molecule has 0 radical (unpaired) electrons. The van der Waals surface area contributed by atoms with Gasteiger partial charge in [-0.3, -0.25) is 15.4 Å². The van der Waals surface area contributed by atoms with Crippen LogP contribution in [0.2, 0.25) is 0 Å². The molecule has 0 aliphatic carbocycles. The van der Waals surface area contributed by atoms with Crippen LogP contribution in [0.1, 0.15) is 17.2 Å². The average molecular weight is 470 g/mol. The lowest BCUT2D eigenvalue weighted by Gasteiger charge is -2.30. The molecule has 1 N–H and O–H groups in total. The topological polar surface area (TPSA) is 143 Å². The van der Waals surface area contributed by atoms with Crippen molar-refractivity contribution in [2.75, 3.05) is 28.4 Å². The predicted molar refractivity (Wildman–Crippen MR) is 117 cm³/mol. The molecule has 0 bridgehead atoms. The number of esters is 3. The zero-order chi connectivity index (χ0) is 25.0. The number of ether oxygens (including phenoxy) is 4. The Kier molecular flexibility index (Phi) is 6.97.